The summed E-state index contributed by atoms with van der Waals surface area (Å²) in [7, 11) is 0. The van der Waals surface area contributed by atoms with Crippen LogP contribution >= 0.6 is 0 Å². The Morgan fingerprint density at radius 3 is 2.50 bits per heavy atom. The number of benzene rings is 1. The van der Waals surface area contributed by atoms with Gasteiger partial charge in [-0.15, -0.1) is 0 Å². The van der Waals surface area contributed by atoms with Crippen LogP contribution in [-0.2, 0) is 0 Å². The molecule has 1 unspecified atom stereocenters. The maximum atomic E-state index is 5.83. The molecule has 0 aliphatic heterocycles. The molecule has 0 saturated heterocycles. The summed E-state index contributed by atoms with van der Waals surface area (Å²) in [6.07, 6.45) is 2.86. The Labute approximate surface area is 98.0 Å². The van der Waals surface area contributed by atoms with Crippen LogP contribution in [0, 0.1) is 0 Å². The monoisotopic (exact) mass is 219 g/mol. The number of ether oxygens (including phenoxy) is 1. The van der Waals surface area contributed by atoms with E-state index in [4.69, 9.17) is 4.74 Å². The summed E-state index contributed by atoms with van der Waals surface area (Å²) in [6.45, 7) is 6.34. The topological polar surface area (TPSA) is 21.3 Å². The average molecular weight is 219 g/mol. The van der Waals surface area contributed by atoms with Crippen LogP contribution in [0.15, 0.2) is 24.3 Å². The zero-order chi connectivity index (χ0) is 11.5. The minimum Gasteiger partial charge on any atom is -0.491 e. The van der Waals surface area contributed by atoms with Gasteiger partial charge < -0.3 is 10.1 Å². The lowest BCUT2D eigenvalue weighted by Gasteiger charge is -2.19. The Morgan fingerprint density at radius 2 is 1.88 bits per heavy atom. The maximum Gasteiger partial charge on any atom is 0.124 e. The fraction of sp³-hybridized carbons (Fsp3) is 0.571. The van der Waals surface area contributed by atoms with Crippen LogP contribution in [0.2, 0.25) is 0 Å². The first-order valence-electron chi connectivity index (χ1n) is 6.18. The van der Waals surface area contributed by atoms with Gasteiger partial charge >= 0.3 is 0 Å². The van der Waals surface area contributed by atoms with Gasteiger partial charge in [-0.1, -0.05) is 18.2 Å². The molecule has 1 aromatic carbocycles. The second kappa shape index (κ2) is 4.88. The summed E-state index contributed by atoms with van der Waals surface area (Å²) in [5, 5.41) is 3.60. The standard InChI is InChI=1S/C14H21NO/c1-10(2)16-14-7-5-4-6-13(14)11(3)15-12-8-9-12/h4-7,10-12,15H,8-9H2,1-3H3. The Kier molecular flexibility index (Phi) is 3.49. The normalized spacial score (nSPS) is 17.5. The highest BCUT2D eigenvalue weighted by atomic mass is 16.5. The summed E-state index contributed by atoms with van der Waals surface area (Å²) in [4.78, 5) is 0. The van der Waals surface area contributed by atoms with Crippen LogP contribution < -0.4 is 10.1 Å². The minimum absolute atomic E-state index is 0.231. The number of hydrogen-bond acceptors (Lipinski definition) is 2. The third kappa shape index (κ3) is 2.99. The van der Waals surface area contributed by atoms with Crippen LogP contribution in [0.4, 0.5) is 0 Å². The molecule has 1 N–H and O–H groups in total. The zero-order valence-corrected chi connectivity index (χ0v) is 10.4. The van der Waals surface area contributed by atoms with Gasteiger partial charge in [-0.05, 0) is 39.7 Å². The molecule has 1 aliphatic rings. The van der Waals surface area contributed by atoms with E-state index < -0.39 is 0 Å². The molecule has 0 bridgehead atoms. The van der Waals surface area contributed by atoms with E-state index >= 15 is 0 Å². The molecule has 2 heteroatoms. The molecule has 88 valence electrons. The lowest BCUT2D eigenvalue weighted by atomic mass is 10.1. The highest BCUT2D eigenvalue weighted by molar-refractivity contribution is 5.35. The van der Waals surface area contributed by atoms with Crippen molar-refractivity contribution in [1.82, 2.24) is 5.32 Å². The average Bonchev–Trinajstić information content (AvgIpc) is 3.01. The molecule has 0 aromatic heterocycles. The van der Waals surface area contributed by atoms with Crippen molar-refractivity contribution in [3.05, 3.63) is 29.8 Å². The first kappa shape index (κ1) is 11.5. The van der Waals surface area contributed by atoms with E-state index in [1.807, 2.05) is 6.07 Å². The van der Waals surface area contributed by atoms with Gasteiger partial charge in [-0.2, -0.15) is 0 Å². The predicted molar refractivity (Wildman–Crippen MR) is 66.8 cm³/mol. The third-order valence-corrected chi connectivity index (χ3v) is 2.81. The number of hydrogen-bond donors (Lipinski definition) is 1. The van der Waals surface area contributed by atoms with E-state index in [0.29, 0.717) is 6.04 Å². The number of para-hydroxylation sites is 1. The second-order valence-corrected chi connectivity index (χ2v) is 4.87. The van der Waals surface area contributed by atoms with E-state index in [-0.39, 0.29) is 6.10 Å². The summed E-state index contributed by atoms with van der Waals surface area (Å²) in [5.41, 5.74) is 1.27. The van der Waals surface area contributed by atoms with Crippen molar-refractivity contribution in [3.63, 3.8) is 0 Å². The van der Waals surface area contributed by atoms with E-state index in [2.05, 4.69) is 44.3 Å². The summed E-state index contributed by atoms with van der Waals surface area (Å²) in [6, 6.07) is 9.42. The Hall–Kier alpha value is -1.02. The van der Waals surface area contributed by atoms with Crippen molar-refractivity contribution in [2.24, 2.45) is 0 Å². The van der Waals surface area contributed by atoms with Crippen molar-refractivity contribution >= 4 is 0 Å². The van der Waals surface area contributed by atoms with E-state index in [1.54, 1.807) is 0 Å². The molecular formula is C14H21NO. The predicted octanol–water partition coefficient (Wildman–Crippen LogP) is 3.29. The third-order valence-electron chi connectivity index (χ3n) is 2.81. The first-order valence-corrected chi connectivity index (χ1v) is 6.18. The maximum absolute atomic E-state index is 5.83. The molecule has 0 radical (unpaired) electrons. The van der Waals surface area contributed by atoms with Crippen LogP contribution in [0.3, 0.4) is 0 Å². The highest BCUT2D eigenvalue weighted by Gasteiger charge is 2.24. The molecule has 1 fully saturated rings. The van der Waals surface area contributed by atoms with Crippen molar-refractivity contribution in [2.45, 2.75) is 51.8 Å². The Bertz CT molecular complexity index is 344. The Balaban J connectivity index is 2.10. The van der Waals surface area contributed by atoms with Gasteiger partial charge in [0, 0.05) is 17.6 Å². The smallest absolute Gasteiger partial charge is 0.124 e. The summed E-state index contributed by atoms with van der Waals surface area (Å²) in [5.74, 6) is 1.01. The van der Waals surface area contributed by atoms with Gasteiger partial charge in [0.25, 0.3) is 0 Å². The van der Waals surface area contributed by atoms with E-state index in [1.165, 1.54) is 18.4 Å². The SMILES string of the molecule is CC(C)Oc1ccccc1C(C)NC1CC1. The molecule has 1 atom stereocenters. The fourth-order valence-corrected chi connectivity index (χ4v) is 1.89. The van der Waals surface area contributed by atoms with Gasteiger partial charge in [0.2, 0.25) is 0 Å². The zero-order valence-electron chi connectivity index (χ0n) is 10.4. The van der Waals surface area contributed by atoms with Crippen LogP contribution in [-0.4, -0.2) is 12.1 Å². The molecule has 2 nitrogen and oxygen atoms in total. The lowest BCUT2D eigenvalue weighted by Crippen LogP contribution is -2.21. The van der Waals surface area contributed by atoms with E-state index in [9.17, 15) is 0 Å². The van der Waals surface area contributed by atoms with E-state index in [0.717, 1.165) is 11.8 Å². The van der Waals surface area contributed by atoms with Crippen molar-refractivity contribution in [1.29, 1.82) is 0 Å². The van der Waals surface area contributed by atoms with Crippen molar-refractivity contribution in [2.75, 3.05) is 0 Å². The lowest BCUT2D eigenvalue weighted by molar-refractivity contribution is 0.238. The first-order chi connectivity index (χ1) is 7.66. The molecule has 0 amide bonds. The molecule has 0 heterocycles. The minimum atomic E-state index is 0.231. The van der Waals surface area contributed by atoms with Crippen molar-refractivity contribution in [3.8, 4) is 5.75 Å². The highest BCUT2D eigenvalue weighted by Crippen LogP contribution is 2.29. The molecule has 1 aromatic rings. The summed E-state index contributed by atoms with van der Waals surface area (Å²) >= 11 is 0. The van der Waals surface area contributed by atoms with Crippen LogP contribution in [0.1, 0.15) is 45.2 Å². The van der Waals surface area contributed by atoms with Crippen LogP contribution in [0.25, 0.3) is 0 Å². The van der Waals surface area contributed by atoms with Gasteiger partial charge in [0.05, 0.1) is 6.10 Å². The fourth-order valence-electron chi connectivity index (χ4n) is 1.89. The van der Waals surface area contributed by atoms with Crippen molar-refractivity contribution < 1.29 is 4.74 Å². The molecular weight excluding hydrogens is 198 g/mol. The summed E-state index contributed by atoms with van der Waals surface area (Å²) < 4.78 is 5.83. The second-order valence-electron chi connectivity index (χ2n) is 4.87. The molecule has 0 spiro atoms. The Morgan fingerprint density at radius 1 is 1.19 bits per heavy atom. The molecule has 1 aliphatic carbocycles. The van der Waals surface area contributed by atoms with Gasteiger partial charge in [0.15, 0.2) is 0 Å². The largest absolute Gasteiger partial charge is 0.491 e. The number of nitrogens with one attached hydrogen (secondary N) is 1. The van der Waals surface area contributed by atoms with Gasteiger partial charge in [-0.3, -0.25) is 0 Å². The van der Waals surface area contributed by atoms with Crippen LogP contribution in [0.5, 0.6) is 5.75 Å². The molecule has 2 rings (SSSR count). The molecule has 1 saturated carbocycles. The molecule has 16 heavy (non-hydrogen) atoms. The number of rotatable bonds is 5. The quantitative estimate of drug-likeness (QED) is 0.820. The van der Waals surface area contributed by atoms with Gasteiger partial charge in [-0.25, -0.2) is 0 Å². The van der Waals surface area contributed by atoms with Gasteiger partial charge in [0.1, 0.15) is 5.75 Å².